The molecule has 0 N–H and O–H groups in total. The van der Waals surface area contributed by atoms with Crippen LogP contribution in [0.3, 0.4) is 0 Å². The molecule has 0 bridgehead atoms. The van der Waals surface area contributed by atoms with E-state index in [1.807, 2.05) is 0 Å². The highest BCUT2D eigenvalue weighted by atomic mass is 16.2. The zero-order valence-electron chi connectivity index (χ0n) is 12.5. The Bertz CT molecular complexity index is 667. The summed E-state index contributed by atoms with van der Waals surface area (Å²) in [7, 11) is 0. The van der Waals surface area contributed by atoms with Crippen LogP contribution >= 0.6 is 0 Å². The van der Waals surface area contributed by atoms with E-state index in [0.717, 1.165) is 5.69 Å². The molecular weight excluding hydrogens is 248 g/mol. The quantitative estimate of drug-likeness (QED) is 0.792. The fraction of sp³-hybridized carbons (Fsp3) is 0.294. The van der Waals surface area contributed by atoms with Crippen LogP contribution in [0, 0.1) is 13.8 Å². The van der Waals surface area contributed by atoms with Crippen LogP contribution in [-0.4, -0.2) is 15.5 Å². The largest absolute Gasteiger partial charge is 0.269 e. The highest BCUT2D eigenvalue weighted by Gasteiger charge is 2.19. The number of rotatable bonds is 3. The first kappa shape index (κ1) is 14.3. The molecule has 104 valence electrons. The summed E-state index contributed by atoms with van der Waals surface area (Å²) < 4.78 is 1.59. The lowest BCUT2D eigenvalue weighted by atomic mass is 9.91. The molecule has 20 heavy (non-hydrogen) atoms. The summed E-state index contributed by atoms with van der Waals surface area (Å²) in [6.45, 7) is 11.7. The molecular formula is C17H20N2O. The van der Waals surface area contributed by atoms with Gasteiger partial charge in [-0.3, -0.25) is 9.36 Å². The van der Waals surface area contributed by atoms with Gasteiger partial charge in [0.15, 0.2) is 0 Å². The molecule has 0 aliphatic rings. The second-order valence-corrected chi connectivity index (χ2v) is 5.28. The van der Waals surface area contributed by atoms with Crippen molar-refractivity contribution >= 4 is 5.91 Å². The lowest BCUT2D eigenvalue weighted by molar-refractivity contribution is 0.0952. The lowest BCUT2D eigenvalue weighted by Gasteiger charge is -2.17. The van der Waals surface area contributed by atoms with Crippen molar-refractivity contribution < 1.29 is 4.79 Å². The van der Waals surface area contributed by atoms with Gasteiger partial charge in [-0.15, -0.1) is 0 Å². The van der Waals surface area contributed by atoms with Crippen molar-refractivity contribution in [3.63, 3.8) is 0 Å². The molecule has 0 saturated carbocycles. The molecule has 1 aromatic carbocycles. The van der Waals surface area contributed by atoms with E-state index < -0.39 is 0 Å². The second kappa shape index (κ2) is 5.45. The van der Waals surface area contributed by atoms with E-state index in [2.05, 4.69) is 50.5 Å². The first-order valence-corrected chi connectivity index (χ1v) is 6.72. The number of benzene rings is 1. The smallest absolute Gasteiger partial charge is 0.258 e. The summed E-state index contributed by atoms with van der Waals surface area (Å²) in [4.78, 5) is 16.3. The fourth-order valence-corrected chi connectivity index (χ4v) is 2.40. The molecule has 1 aromatic heterocycles. The van der Waals surface area contributed by atoms with Crippen LogP contribution in [0.5, 0.6) is 0 Å². The van der Waals surface area contributed by atoms with Crippen LogP contribution in [0.2, 0.25) is 0 Å². The topological polar surface area (TPSA) is 34.9 Å². The molecule has 1 atom stereocenters. The molecule has 3 nitrogen and oxygen atoms in total. The average Bonchev–Trinajstić information content (AvgIpc) is 2.89. The third-order valence-electron chi connectivity index (χ3n) is 3.81. The minimum Gasteiger partial charge on any atom is -0.269 e. The second-order valence-electron chi connectivity index (χ2n) is 5.28. The number of hydrogen-bond acceptors (Lipinski definition) is 2. The highest BCUT2D eigenvalue weighted by molar-refractivity contribution is 5.94. The Morgan fingerprint density at radius 2 is 2.05 bits per heavy atom. The molecule has 0 fully saturated rings. The Balaban J connectivity index is 2.47. The van der Waals surface area contributed by atoms with Crippen LogP contribution in [0.25, 0.3) is 0 Å². The minimum atomic E-state index is -0.102. The standard InChI is InChI=1S/C17H20N2O/c1-11(2)17(20)19-10-18-9-16(19)14(5)15-8-6-7-12(3)13(15)4/h6-10,14H,1H2,2-5H3. The molecule has 0 saturated heterocycles. The number of aromatic nitrogens is 2. The van der Waals surface area contributed by atoms with Crippen LogP contribution in [0.4, 0.5) is 0 Å². The van der Waals surface area contributed by atoms with Crippen molar-refractivity contribution in [2.75, 3.05) is 0 Å². The van der Waals surface area contributed by atoms with Crippen LogP contribution in [0.15, 0.2) is 42.9 Å². The summed E-state index contributed by atoms with van der Waals surface area (Å²) in [5, 5.41) is 0. The van der Waals surface area contributed by atoms with Gasteiger partial charge >= 0.3 is 0 Å². The van der Waals surface area contributed by atoms with Crippen LogP contribution in [0.1, 0.15) is 46.9 Å². The van der Waals surface area contributed by atoms with E-state index in [-0.39, 0.29) is 11.8 Å². The van der Waals surface area contributed by atoms with Crippen molar-refractivity contribution in [3.8, 4) is 0 Å². The lowest BCUT2D eigenvalue weighted by Crippen LogP contribution is -2.15. The van der Waals surface area contributed by atoms with E-state index in [1.165, 1.54) is 16.7 Å². The van der Waals surface area contributed by atoms with Crippen molar-refractivity contribution in [1.82, 2.24) is 9.55 Å². The number of nitrogens with zero attached hydrogens (tertiary/aromatic N) is 2. The number of allylic oxidation sites excluding steroid dienone is 1. The molecule has 2 rings (SSSR count). The summed E-state index contributed by atoms with van der Waals surface area (Å²) >= 11 is 0. The van der Waals surface area contributed by atoms with E-state index >= 15 is 0 Å². The molecule has 0 aliphatic heterocycles. The Labute approximate surface area is 120 Å². The molecule has 1 unspecified atom stereocenters. The summed E-state index contributed by atoms with van der Waals surface area (Å²) in [6.07, 6.45) is 3.32. The summed E-state index contributed by atoms with van der Waals surface area (Å²) in [6, 6.07) is 6.26. The monoisotopic (exact) mass is 268 g/mol. The molecule has 2 aromatic rings. The molecule has 0 amide bonds. The van der Waals surface area contributed by atoms with Gasteiger partial charge in [0, 0.05) is 17.7 Å². The Hall–Kier alpha value is -2.16. The van der Waals surface area contributed by atoms with Crippen molar-refractivity contribution in [2.45, 2.75) is 33.6 Å². The van der Waals surface area contributed by atoms with Gasteiger partial charge in [-0.25, -0.2) is 4.98 Å². The molecule has 1 heterocycles. The summed E-state index contributed by atoms with van der Waals surface area (Å²) in [5.41, 5.74) is 5.15. The van der Waals surface area contributed by atoms with Crippen molar-refractivity contribution in [3.05, 3.63) is 65.3 Å². The normalized spacial score (nSPS) is 12.2. The minimum absolute atomic E-state index is 0.102. The number of aryl methyl sites for hydroxylation is 1. The summed E-state index contributed by atoms with van der Waals surface area (Å²) in [5.74, 6) is 0.00959. The van der Waals surface area contributed by atoms with E-state index in [1.54, 1.807) is 24.0 Å². The van der Waals surface area contributed by atoms with Gasteiger partial charge in [-0.05, 0) is 37.5 Å². The first-order chi connectivity index (χ1) is 9.43. The van der Waals surface area contributed by atoms with Gasteiger partial charge < -0.3 is 0 Å². The van der Waals surface area contributed by atoms with E-state index in [0.29, 0.717) is 5.57 Å². The predicted octanol–water partition coefficient (Wildman–Crippen LogP) is 3.87. The van der Waals surface area contributed by atoms with Gasteiger partial charge in [0.05, 0.1) is 5.69 Å². The van der Waals surface area contributed by atoms with E-state index in [4.69, 9.17) is 0 Å². The van der Waals surface area contributed by atoms with Gasteiger partial charge in [0.25, 0.3) is 5.91 Å². The van der Waals surface area contributed by atoms with Crippen LogP contribution in [-0.2, 0) is 0 Å². The number of carbonyl (C=O) groups excluding carboxylic acids is 1. The van der Waals surface area contributed by atoms with Crippen LogP contribution < -0.4 is 0 Å². The van der Waals surface area contributed by atoms with Crippen molar-refractivity contribution in [1.29, 1.82) is 0 Å². The highest BCUT2D eigenvalue weighted by Crippen LogP contribution is 2.28. The maximum Gasteiger partial charge on any atom is 0.258 e. The zero-order valence-corrected chi connectivity index (χ0v) is 12.5. The molecule has 0 spiro atoms. The maximum absolute atomic E-state index is 12.1. The number of carbonyl (C=O) groups is 1. The third-order valence-corrected chi connectivity index (χ3v) is 3.81. The van der Waals surface area contributed by atoms with Crippen molar-refractivity contribution in [2.24, 2.45) is 0 Å². The SMILES string of the molecule is C=C(C)C(=O)n1cncc1C(C)c1cccc(C)c1C. The predicted molar refractivity (Wildman–Crippen MR) is 81.1 cm³/mol. The van der Waals surface area contributed by atoms with E-state index in [9.17, 15) is 4.79 Å². The number of imidazole rings is 1. The van der Waals surface area contributed by atoms with Gasteiger partial charge in [-0.2, -0.15) is 0 Å². The average molecular weight is 268 g/mol. The Kier molecular flexibility index (Phi) is 3.89. The van der Waals surface area contributed by atoms with Gasteiger partial charge in [-0.1, -0.05) is 31.7 Å². The third kappa shape index (κ3) is 2.44. The molecule has 3 heteroatoms. The zero-order chi connectivity index (χ0) is 14.9. The number of hydrogen-bond donors (Lipinski definition) is 0. The fourth-order valence-electron chi connectivity index (χ4n) is 2.40. The van der Waals surface area contributed by atoms with Gasteiger partial charge in [0.1, 0.15) is 6.33 Å². The molecule has 0 radical (unpaired) electrons. The molecule has 0 aliphatic carbocycles. The Morgan fingerprint density at radius 1 is 1.35 bits per heavy atom. The Morgan fingerprint density at radius 3 is 2.70 bits per heavy atom. The maximum atomic E-state index is 12.1. The first-order valence-electron chi connectivity index (χ1n) is 6.72. The van der Waals surface area contributed by atoms with Gasteiger partial charge in [0.2, 0.25) is 0 Å².